The summed E-state index contributed by atoms with van der Waals surface area (Å²) in [5.74, 6) is 2.03. The number of carbonyl (C=O) groups excluding carboxylic acids is 1. The largest absolute Gasteiger partial charge is 0.507 e. The summed E-state index contributed by atoms with van der Waals surface area (Å²) in [6.07, 6.45) is 3.99. The number of methoxy groups -OCH3 is 3. The van der Waals surface area contributed by atoms with Crippen LogP contribution in [0.1, 0.15) is 39.9 Å². The number of aryl methyl sites for hydroxylation is 1. The van der Waals surface area contributed by atoms with Crippen molar-refractivity contribution in [2.24, 2.45) is 0 Å². The lowest BCUT2D eigenvalue weighted by Gasteiger charge is -2.16. The smallest absolute Gasteiger partial charge is 0.232 e. The fraction of sp³-hybridized carbons (Fsp3) is 0.375. The van der Waals surface area contributed by atoms with Gasteiger partial charge in [-0.2, -0.15) is 0 Å². The molecule has 0 aliphatic carbocycles. The van der Waals surface area contributed by atoms with Gasteiger partial charge in [0.1, 0.15) is 12.3 Å². The molecule has 0 bridgehead atoms. The molecule has 0 saturated carbocycles. The van der Waals surface area contributed by atoms with Gasteiger partial charge in [0.2, 0.25) is 11.5 Å². The van der Waals surface area contributed by atoms with Crippen molar-refractivity contribution in [1.29, 1.82) is 0 Å². The first kappa shape index (κ1) is 21.1. The van der Waals surface area contributed by atoms with Crippen LogP contribution in [-0.4, -0.2) is 45.3 Å². The number of nitrogens with one attached hydrogen (secondary N) is 1. The summed E-state index contributed by atoms with van der Waals surface area (Å²) < 4.78 is 22.4. The number of aromatic hydroxyl groups is 1. The standard InChI is InChI=1S/C24H27NO6/c1-14-11-17(26)16(13-25-9-5-6-10-25)23-20(14)21(27)19(31-23)12-15-7-8-18(28-2)24(30-4)22(15)29-3/h7-8,11-12,26H,5-6,9-10,13H2,1-4H3/p+1/b19-12-. The molecule has 2 aliphatic heterocycles. The Morgan fingerprint density at radius 2 is 1.81 bits per heavy atom. The van der Waals surface area contributed by atoms with Gasteiger partial charge >= 0.3 is 0 Å². The van der Waals surface area contributed by atoms with Crippen molar-refractivity contribution in [2.75, 3.05) is 34.4 Å². The molecule has 2 aromatic carbocycles. The molecular weight excluding hydrogens is 398 g/mol. The van der Waals surface area contributed by atoms with Crippen molar-refractivity contribution in [1.82, 2.24) is 0 Å². The molecule has 7 heteroatoms. The van der Waals surface area contributed by atoms with Crippen LogP contribution < -0.4 is 23.8 Å². The maximum absolute atomic E-state index is 13.2. The second-order valence-corrected chi connectivity index (χ2v) is 7.89. The quantitative estimate of drug-likeness (QED) is 0.692. The lowest BCUT2D eigenvalue weighted by Crippen LogP contribution is -3.08. The number of hydrogen-bond donors (Lipinski definition) is 2. The molecule has 1 saturated heterocycles. The van der Waals surface area contributed by atoms with E-state index in [9.17, 15) is 9.90 Å². The number of fused-ring (bicyclic) bond motifs is 1. The minimum Gasteiger partial charge on any atom is -0.507 e. The summed E-state index contributed by atoms with van der Waals surface area (Å²) in [4.78, 5) is 14.6. The van der Waals surface area contributed by atoms with Crippen molar-refractivity contribution in [3.05, 3.63) is 46.2 Å². The molecule has 0 unspecified atom stereocenters. The van der Waals surface area contributed by atoms with E-state index in [1.165, 1.54) is 32.0 Å². The minimum absolute atomic E-state index is 0.174. The summed E-state index contributed by atoms with van der Waals surface area (Å²) in [5, 5.41) is 10.6. The molecule has 0 radical (unpaired) electrons. The van der Waals surface area contributed by atoms with Gasteiger partial charge in [-0.05, 0) is 36.8 Å². The number of phenolic OH excluding ortho intramolecular Hbond substituents is 1. The number of quaternary nitrogens is 1. The third-order valence-electron chi connectivity index (χ3n) is 5.98. The van der Waals surface area contributed by atoms with Crippen LogP contribution in [0.2, 0.25) is 0 Å². The number of rotatable bonds is 6. The Labute approximate surface area is 181 Å². The van der Waals surface area contributed by atoms with E-state index in [2.05, 4.69) is 0 Å². The van der Waals surface area contributed by atoms with Crippen LogP contribution in [0.25, 0.3) is 6.08 Å². The second kappa shape index (κ2) is 8.51. The van der Waals surface area contributed by atoms with E-state index in [4.69, 9.17) is 18.9 Å². The fourth-order valence-corrected chi connectivity index (χ4v) is 4.43. The number of ketones is 1. The lowest BCUT2D eigenvalue weighted by atomic mass is 9.99. The highest BCUT2D eigenvalue weighted by Crippen LogP contribution is 2.44. The molecule has 1 fully saturated rings. The fourth-order valence-electron chi connectivity index (χ4n) is 4.43. The topological polar surface area (TPSA) is 78.7 Å². The van der Waals surface area contributed by atoms with Crippen LogP contribution in [-0.2, 0) is 6.54 Å². The highest BCUT2D eigenvalue weighted by molar-refractivity contribution is 6.16. The van der Waals surface area contributed by atoms with E-state index in [0.717, 1.165) is 13.1 Å². The SMILES string of the molecule is COc1ccc(/C=C2\Oc3c(C[NH+]4CCCC4)c(O)cc(C)c3C2=O)c(OC)c1OC. The number of carbonyl (C=O) groups is 1. The zero-order chi connectivity index (χ0) is 22.1. The number of likely N-dealkylation sites (tertiary alicyclic amines) is 1. The Bertz CT molecular complexity index is 1050. The van der Waals surface area contributed by atoms with Gasteiger partial charge in [0.05, 0.1) is 45.5 Å². The summed E-state index contributed by atoms with van der Waals surface area (Å²) in [6, 6.07) is 5.19. The maximum atomic E-state index is 13.2. The van der Waals surface area contributed by atoms with Crippen molar-refractivity contribution in [3.63, 3.8) is 0 Å². The Morgan fingerprint density at radius 1 is 1.10 bits per heavy atom. The summed E-state index contributed by atoms with van der Waals surface area (Å²) in [5.41, 5.74) is 2.52. The lowest BCUT2D eigenvalue weighted by molar-refractivity contribution is -0.901. The van der Waals surface area contributed by atoms with Crippen LogP contribution in [0.5, 0.6) is 28.7 Å². The molecule has 4 rings (SSSR count). The van der Waals surface area contributed by atoms with Gasteiger partial charge < -0.3 is 29.0 Å². The van der Waals surface area contributed by atoms with Gasteiger partial charge in [0.25, 0.3) is 0 Å². The zero-order valence-electron chi connectivity index (χ0n) is 18.3. The minimum atomic E-state index is -0.206. The van der Waals surface area contributed by atoms with Crippen LogP contribution in [0, 0.1) is 6.92 Å². The van der Waals surface area contributed by atoms with Gasteiger partial charge in [0, 0.05) is 18.4 Å². The van der Waals surface area contributed by atoms with Crippen LogP contribution >= 0.6 is 0 Å². The molecule has 2 aromatic rings. The van der Waals surface area contributed by atoms with Crippen molar-refractivity contribution < 1.29 is 33.7 Å². The Morgan fingerprint density at radius 3 is 2.45 bits per heavy atom. The van der Waals surface area contributed by atoms with E-state index >= 15 is 0 Å². The molecular formula is C24H28NO6+. The first-order chi connectivity index (χ1) is 15.0. The Hall–Kier alpha value is -3.19. The molecule has 164 valence electrons. The van der Waals surface area contributed by atoms with Crippen LogP contribution in [0.15, 0.2) is 24.0 Å². The van der Waals surface area contributed by atoms with E-state index in [-0.39, 0.29) is 17.3 Å². The van der Waals surface area contributed by atoms with Crippen molar-refractivity contribution in [2.45, 2.75) is 26.3 Å². The summed E-state index contributed by atoms with van der Waals surface area (Å²) in [6.45, 7) is 4.56. The third-order valence-corrected chi connectivity index (χ3v) is 5.98. The van der Waals surface area contributed by atoms with Crippen molar-refractivity contribution in [3.8, 4) is 28.7 Å². The zero-order valence-corrected chi connectivity index (χ0v) is 18.3. The van der Waals surface area contributed by atoms with Crippen LogP contribution in [0.3, 0.4) is 0 Å². The second-order valence-electron chi connectivity index (χ2n) is 7.89. The van der Waals surface area contributed by atoms with Crippen LogP contribution in [0.4, 0.5) is 0 Å². The number of ether oxygens (including phenoxy) is 4. The van der Waals surface area contributed by atoms with Gasteiger partial charge in [-0.3, -0.25) is 4.79 Å². The highest BCUT2D eigenvalue weighted by atomic mass is 16.5. The number of phenols is 1. The molecule has 7 nitrogen and oxygen atoms in total. The van der Waals surface area contributed by atoms with E-state index in [0.29, 0.717) is 51.8 Å². The van der Waals surface area contributed by atoms with Crippen molar-refractivity contribution >= 4 is 11.9 Å². The van der Waals surface area contributed by atoms with Gasteiger partial charge in [-0.25, -0.2) is 0 Å². The average Bonchev–Trinajstić information content (AvgIpc) is 3.38. The molecule has 2 N–H and O–H groups in total. The summed E-state index contributed by atoms with van der Waals surface area (Å²) >= 11 is 0. The molecule has 0 amide bonds. The first-order valence-electron chi connectivity index (χ1n) is 10.4. The predicted molar refractivity (Wildman–Crippen MR) is 116 cm³/mol. The summed E-state index contributed by atoms with van der Waals surface area (Å²) in [7, 11) is 4.61. The average molecular weight is 426 g/mol. The Balaban J connectivity index is 1.76. The maximum Gasteiger partial charge on any atom is 0.232 e. The Kier molecular flexibility index (Phi) is 5.78. The van der Waals surface area contributed by atoms with Gasteiger partial charge in [-0.1, -0.05) is 0 Å². The highest BCUT2D eigenvalue weighted by Gasteiger charge is 2.35. The predicted octanol–water partition coefficient (Wildman–Crippen LogP) is 2.52. The van der Waals surface area contributed by atoms with E-state index in [1.807, 2.05) is 6.92 Å². The van der Waals surface area contributed by atoms with E-state index < -0.39 is 0 Å². The third kappa shape index (κ3) is 3.70. The van der Waals surface area contributed by atoms with Gasteiger partial charge in [-0.15, -0.1) is 0 Å². The number of benzene rings is 2. The number of allylic oxidation sites excluding steroid dienone is 1. The van der Waals surface area contributed by atoms with E-state index in [1.54, 1.807) is 31.4 Å². The van der Waals surface area contributed by atoms with Gasteiger partial charge in [0.15, 0.2) is 23.0 Å². The molecule has 2 heterocycles. The molecule has 31 heavy (non-hydrogen) atoms. The molecule has 2 aliphatic rings. The first-order valence-corrected chi connectivity index (χ1v) is 10.4. The molecule has 0 aromatic heterocycles. The number of Topliss-reactive ketones (excluding diaryl/α,β-unsaturated/α-hetero) is 1. The normalized spacial score (nSPS) is 17.0. The number of hydrogen-bond acceptors (Lipinski definition) is 6. The molecule has 0 atom stereocenters. The molecule has 0 spiro atoms. The monoisotopic (exact) mass is 426 g/mol.